The first-order valence-corrected chi connectivity index (χ1v) is 8.67. The molecule has 0 bridgehead atoms. The number of ether oxygens (including phenoxy) is 2. The summed E-state index contributed by atoms with van der Waals surface area (Å²) in [5.74, 6) is 1.01. The van der Waals surface area contributed by atoms with Gasteiger partial charge >= 0.3 is 0 Å². The number of hydrogen-bond acceptors (Lipinski definition) is 4. The van der Waals surface area contributed by atoms with Crippen LogP contribution in [0, 0.1) is 11.8 Å². The maximum atomic E-state index is 12.3. The Bertz CT molecular complexity index is 553. The third-order valence-electron chi connectivity index (χ3n) is 5.58. The van der Waals surface area contributed by atoms with Gasteiger partial charge in [0, 0.05) is 24.6 Å². The third-order valence-corrected chi connectivity index (χ3v) is 5.58. The number of likely N-dealkylation sites (tertiary alicyclic amines) is 1. The summed E-state index contributed by atoms with van der Waals surface area (Å²) >= 11 is 0. The lowest BCUT2D eigenvalue weighted by Crippen LogP contribution is -2.67. The minimum atomic E-state index is -0.149. The van der Waals surface area contributed by atoms with Gasteiger partial charge in [0.25, 0.3) is 0 Å². The zero-order chi connectivity index (χ0) is 15.7. The van der Waals surface area contributed by atoms with E-state index in [9.17, 15) is 4.79 Å². The van der Waals surface area contributed by atoms with Crippen LogP contribution in [-0.4, -0.2) is 47.7 Å². The van der Waals surface area contributed by atoms with Gasteiger partial charge in [0.05, 0.1) is 32.0 Å². The number of rotatable bonds is 5. The van der Waals surface area contributed by atoms with Crippen molar-refractivity contribution in [2.24, 2.45) is 11.8 Å². The van der Waals surface area contributed by atoms with Crippen LogP contribution in [0.4, 0.5) is 0 Å². The highest BCUT2D eigenvalue weighted by Crippen LogP contribution is 2.42. The predicted molar refractivity (Wildman–Crippen MR) is 84.6 cm³/mol. The van der Waals surface area contributed by atoms with Crippen LogP contribution in [0.15, 0.2) is 24.4 Å². The molecule has 2 saturated heterocycles. The molecule has 3 aliphatic rings. The van der Waals surface area contributed by atoms with Crippen molar-refractivity contribution in [2.75, 3.05) is 26.3 Å². The van der Waals surface area contributed by atoms with Gasteiger partial charge in [0.15, 0.2) is 0 Å². The van der Waals surface area contributed by atoms with Crippen LogP contribution in [0.3, 0.4) is 0 Å². The molecule has 3 fully saturated rings. The third kappa shape index (κ3) is 2.88. The predicted octanol–water partition coefficient (Wildman–Crippen LogP) is 2.02. The molecule has 0 unspecified atom stereocenters. The summed E-state index contributed by atoms with van der Waals surface area (Å²) in [5.41, 5.74) is 0.805. The van der Waals surface area contributed by atoms with Crippen LogP contribution in [0.25, 0.3) is 0 Å². The fourth-order valence-electron chi connectivity index (χ4n) is 3.83. The second-order valence-corrected chi connectivity index (χ2v) is 7.06. The average Bonchev–Trinajstić information content (AvgIpc) is 2.89. The molecule has 4 rings (SSSR count). The Morgan fingerprint density at radius 3 is 2.91 bits per heavy atom. The van der Waals surface area contributed by atoms with Crippen molar-refractivity contribution >= 4 is 5.91 Å². The normalized spacial score (nSPS) is 26.1. The maximum Gasteiger partial charge on any atom is 0.225 e. The van der Waals surface area contributed by atoms with Crippen molar-refractivity contribution in [3.8, 4) is 0 Å². The first-order valence-electron chi connectivity index (χ1n) is 8.67. The summed E-state index contributed by atoms with van der Waals surface area (Å²) in [7, 11) is 0. The van der Waals surface area contributed by atoms with E-state index in [0.717, 1.165) is 44.7 Å². The van der Waals surface area contributed by atoms with Gasteiger partial charge in [-0.2, -0.15) is 0 Å². The molecule has 1 aromatic rings. The maximum absolute atomic E-state index is 12.3. The highest BCUT2D eigenvalue weighted by molar-refractivity contribution is 5.80. The van der Waals surface area contributed by atoms with E-state index in [4.69, 9.17) is 9.47 Å². The first kappa shape index (κ1) is 15.1. The van der Waals surface area contributed by atoms with Gasteiger partial charge in [0.2, 0.25) is 5.91 Å². The lowest BCUT2D eigenvalue weighted by Gasteiger charge is -2.51. The first-order chi connectivity index (χ1) is 11.3. The van der Waals surface area contributed by atoms with Crippen LogP contribution in [-0.2, 0) is 20.9 Å². The summed E-state index contributed by atoms with van der Waals surface area (Å²) in [5, 5.41) is 0. The molecule has 5 nitrogen and oxygen atoms in total. The molecule has 0 radical (unpaired) electrons. The molecule has 1 aromatic heterocycles. The SMILES string of the molecule is O=C(C1CCC1)N1CC2(C1)OCC[C@@H]2COCc1ccccn1. The Balaban J connectivity index is 1.27. The van der Waals surface area contributed by atoms with Crippen LogP contribution < -0.4 is 0 Å². The minimum Gasteiger partial charge on any atom is -0.375 e. The molecule has 124 valence electrons. The van der Waals surface area contributed by atoms with E-state index in [1.54, 1.807) is 6.20 Å². The largest absolute Gasteiger partial charge is 0.375 e. The molecule has 0 N–H and O–H groups in total. The van der Waals surface area contributed by atoms with E-state index < -0.39 is 0 Å². The summed E-state index contributed by atoms with van der Waals surface area (Å²) < 4.78 is 11.9. The molecule has 5 heteroatoms. The Labute approximate surface area is 137 Å². The van der Waals surface area contributed by atoms with Crippen LogP contribution in [0.1, 0.15) is 31.4 Å². The van der Waals surface area contributed by atoms with Gasteiger partial charge in [0.1, 0.15) is 5.60 Å². The van der Waals surface area contributed by atoms with Crippen molar-refractivity contribution in [1.29, 1.82) is 0 Å². The van der Waals surface area contributed by atoms with Gasteiger partial charge in [-0.3, -0.25) is 9.78 Å². The molecule has 1 saturated carbocycles. The molecule has 1 atom stereocenters. The Morgan fingerprint density at radius 2 is 2.22 bits per heavy atom. The second kappa shape index (κ2) is 6.21. The van der Waals surface area contributed by atoms with Crippen LogP contribution in [0.5, 0.6) is 0 Å². The zero-order valence-corrected chi connectivity index (χ0v) is 13.4. The molecule has 23 heavy (non-hydrogen) atoms. The van der Waals surface area contributed by atoms with Gasteiger partial charge in [-0.15, -0.1) is 0 Å². The summed E-state index contributed by atoms with van der Waals surface area (Å²) in [6, 6.07) is 5.86. The van der Waals surface area contributed by atoms with Crippen LogP contribution >= 0.6 is 0 Å². The van der Waals surface area contributed by atoms with Crippen LogP contribution in [0.2, 0.25) is 0 Å². The lowest BCUT2D eigenvalue weighted by atomic mass is 9.78. The highest BCUT2D eigenvalue weighted by atomic mass is 16.5. The molecule has 3 heterocycles. The Morgan fingerprint density at radius 1 is 1.35 bits per heavy atom. The van der Waals surface area contributed by atoms with E-state index in [-0.39, 0.29) is 11.5 Å². The number of carbonyl (C=O) groups is 1. The number of hydrogen-bond donors (Lipinski definition) is 0. The van der Waals surface area contributed by atoms with Crippen molar-refractivity contribution < 1.29 is 14.3 Å². The van der Waals surface area contributed by atoms with Crippen molar-refractivity contribution in [3.05, 3.63) is 30.1 Å². The summed E-state index contributed by atoms with van der Waals surface area (Å²) in [4.78, 5) is 18.5. The molecule has 1 aliphatic carbocycles. The fraction of sp³-hybridized carbons (Fsp3) is 0.667. The van der Waals surface area contributed by atoms with Crippen molar-refractivity contribution in [3.63, 3.8) is 0 Å². The van der Waals surface area contributed by atoms with Crippen molar-refractivity contribution in [1.82, 2.24) is 9.88 Å². The van der Waals surface area contributed by atoms with E-state index in [1.807, 2.05) is 23.1 Å². The number of carbonyl (C=O) groups excluding carboxylic acids is 1. The molecule has 0 aromatic carbocycles. The summed E-state index contributed by atoms with van der Waals surface area (Å²) in [6.07, 6.45) is 6.15. The number of amides is 1. The topological polar surface area (TPSA) is 51.7 Å². The van der Waals surface area contributed by atoms with Gasteiger partial charge < -0.3 is 14.4 Å². The molecular weight excluding hydrogens is 292 g/mol. The van der Waals surface area contributed by atoms with Gasteiger partial charge in [-0.25, -0.2) is 0 Å². The Hall–Kier alpha value is -1.46. The number of nitrogens with zero attached hydrogens (tertiary/aromatic N) is 2. The molecule has 1 spiro atoms. The molecular formula is C18H24N2O3. The molecule has 2 aliphatic heterocycles. The van der Waals surface area contributed by atoms with Gasteiger partial charge in [-0.05, 0) is 31.4 Å². The van der Waals surface area contributed by atoms with Gasteiger partial charge in [-0.1, -0.05) is 12.5 Å². The van der Waals surface area contributed by atoms with E-state index in [0.29, 0.717) is 25.0 Å². The smallest absolute Gasteiger partial charge is 0.225 e. The lowest BCUT2D eigenvalue weighted by molar-refractivity contribution is -0.174. The van der Waals surface area contributed by atoms with E-state index in [2.05, 4.69) is 4.98 Å². The Kier molecular flexibility index (Phi) is 4.07. The zero-order valence-electron chi connectivity index (χ0n) is 13.4. The van der Waals surface area contributed by atoms with Crippen molar-refractivity contribution in [2.45, 2.75) is 37.9 Å². The standard InChI is InChI=1S/C18H24N2O3/c21-17(14-4-3-5-14)20-12-18(13-20)15(7-9-23-18)10-22-11-16-6-1-2-8-19-16/h1-2,6,8,14-15H,3-5,7,9-13H2/t15-/m1/s1. The second-order valence-electron chi connectivity index (χ2n) is 7.06. The fourth-order valence-corrected chi connectivity index (χ4v) is 3.83. The molecule has 1 amide bonds. The minimum absolute atomic E-state index is 0.149. The quantitative estimate of drug-likeness (QED) is 0.834. The van der Waals surface area contributed by atoms with E-state index >= 15 is 0 Å². The average molecular weight is 316 g/mol. The number of pyridine rings is 1. The number of aromatic nitrogens is 1. The highest BCUT2D eigenvalue weighted by Gasteiger charge is 2.55. The van der Waals surface area contributed by atoms with E-state index in [1.165, 1.54) is 6.42 Å². The summed E-state index contributed by atoms with van der Waals surface area (Å²) in [6.45, 7) is 3.50. The monoisotopic (exact) mass is 316 g/mol.